The van der Waals surface area contributed by atoms with Crippen molar-refractivity contribution in [3.63, 3.8) is 0 Å². The molecule has 0 bridgehead atoms. The van der Waals surface area contributed by atoms with Crippen molar-refractivity contribution in [1.82, 2.24) is 0 Å². The Labute approximate surface area is 328 Å². The summed E-state index contributed by atoms with van der Waals surface area (Å²) in [5, 5.41) is 0. The van der Waals surface area contributed by atoms with E-state index in [1.165, 1.54) is 122 Å². The lowest BCUT2D eigenvalue weighted by atomic mass is 10.1. The molecule has 0 saturated carbocycles. The minimum absolute atomic E-state index is 0.0744. The van der Waals surface area contributed by atoms with E-state index in [9.17, 15) is 14.4 Å². The van der Waals surface area contributed by atoms with Gasteiger partial charge in [0.05, 0.1) is 0 Å². The van der Waals surface area contributed by atoms with Crippen LogP contribution >= 0.6 is 0 Å². The van der Waals surface area contributed by atoms with Gasteiger partial charge < -0.3 is 14.2 Å². The molecule has 0 aromatic carbocycles. The summed E-state index contributed by atoms with van der Waals surface area (Å²) in [4.78, 5) is 37.4. The zero-order valence-electron chi connectivity index (χ0n) is 35.3. The van der Waals surface area contributed by atoms with Crippen LogP contribution in [0.2, 0.25) is 0 Å². The highest BCUT2D eigenvalue weighted by Gasteiger charge is 2.19. The largest absolute Gasteiger partial charge is 0.462 e. The van der Waals surface area contributed by atoms with Crippen LogP contribution in [-0.2, 0) is 28.6 Å². The summed E-state index contributed by atoms with van der Waals surface area (Å²) in [6.07, 6.45) is 46.2. The van der Waals surface area contributed by atoms with Gasteiger partial charge >= 0.3 is 17.9 Å². The second-order valence-corrected chi connectivity index (χ2v) is 15.3. The highest BCUT2D eigenvalue weighted by molar-refractivity contribution is 5.71. The highest BCUT2D eigenvalue weighted by Crippen LogP contribution is 2.14. The van der Waals surface area contributed by atoms with E-state index >= 15 is 0 Å². The number of esters is 3. The topological polar surface area (TPSA) is 78.9 Å². The van der Waals surface area contributed by atoms with Gasteiger partial charge in [-0.2, -0.15) is 0 Å². The molecule has 1 unspecified atom stereocenters. The Morgan fingerprint density at radius 2 is 0.642 bits per heavy atom. The first-order valence-corrected chi connectivity index (χ1v) is 22.8. The maximum atomic E-state index is 12.6. The fourth-order valence-electron chi connectivity index (χ4n) is 6.42. The second-order valence-electron chi connectivity index (χ2n) is 15.3. The number of ether oxygens (including phenoxy) is 3. The molecular formula is C47H86O6. The fraction of sp³-hybridized carbons (Fsp3) is 0.851. The average molecular weight is 747 g/mol. The Balaban J connectivity index is 4.15. The summed E-state index contributed by atoms with van der Waals surface area (Å²) in [5.74, 6) is -0.897. The van der Waals surface area contributed by atoms with Gasteiger partial charge in [-0.05, 0) is 64.2 Å². The van der Waals surface area contributed by atoms with Crippen molar-refractivity contribution in [2.24, 2.45) is 0 Å². The molecule has 0 radical (unpaired) electrons. The van der Waals surface area contributed by atoms with Crippen molar-refractivity contribution >= 4 is 17.9 Å². The summed E-state index contributed by atoms with van der Waals surface area (Å²) >= 11 is 0. The zero-order chi connectivity index (χ0) is 38.7. The Morgan fingerprint density at radius 3 is 1.00 bits per heavy atom. The van der Waals surface area contributed by atoms with E-state index in [2.05, 4.69) is 45.1 Å². The van der Waals surface area contributed by atoms with Crippen molar-refractivity contribution < 1.29 is 28.6 Å². The molecule has 0 aliphatic rings. The number of hydrogen-bond acceptors (Lipinski definition) is 6. The van der Waals surface area contributed by atoms with Crippen LogP contribution in [0.15, 0.2) is 24.3 Å². The monoisotopic (exact) mass is 747 g/mol. The first kappa shape index (κ1) is 50.9. The van der Waals surface area contributed by atoms with Gasteiger partial charge in [-0.3, -0.25) is 14.4 Å². The van der Waals surface area contributed by atoms with Gasteiger partial charge in [0.2, 0.25) is 0 Å². The van der Waals surface area contributed by atoms with Crippen LogP contribution in [-0.4, -0.2) is 37.2 Å². The summed E-state index contributed by atoms with van der Waals surface area (Å²) in [7, 11) is 0. The lowest BCUT2D eigenvalue weighted by Gasteiger charge is -2.18. The van der Waals surface area contributed by atoms with Gasteiger partial charge in [0.1, 0.15) is 13.2 Å². The Hall–Kier alpha value is -2.11. The molecule has 0 aromatic heterocycles. The van der Waals surface area contributed by atoms with E-state index in [-0.39, 0.29) is 31.1 Å². The maximum absolute atomic E-state index is 12.6. The van der Waals surface area contributed by atoms with Gasteiger partial charge in [-0.1, -0.05) is 180 Å². The van der Waals surface area contributed by atoms with Gasteiger partial charge in [-0.15, -0.1) is 0 Å². The summed E-state index contributed by atoms with van der Waals surface area (Å²) in [6, 6.07) is 0. The standard InChI is InChI=1S/C47H86O6/c1-4-7-10-13-15-17-19-20-21-22-23-24-25-26-28-29-31-34-37-40-46(49)52-43-44(42-51-45(48)39-36-33-12-9-6-3)53-47(50)41-38-35-32-30-27-18-16-14-11-8-5-2/h14,16,20-21,44H,4-13,15,17-19,22-43H2,1-3H3/b16-14-,21-20-. The SMILES string of the molecule is CCCC/C=C\CCCCCCCC(=O)OC(COC(=O)CCCCCCC)COC(=O)CCCCCCCCCCC/C=C\CCCCCCCC. The molecule has 6 nitrogen and oxygen atoms in total. The van der Waals surface area contributed by atoms with Crippen LogP contribution in [0.25, 0.3) is 0 Å². The van der Waals surface area contributed by atoms with E-state index in [4.69, 9.17) is 14.2 Å². The third kappa shape index (κ3) is 40.9. The van der Waals surface area contributed by atoms with Crippen LogP contribution in [0.3, 0.4) is 0 Å². The molecule has 0 spiro atoms. The Morgan fingerprint density at radius 1 is 0.358 bits per heavy atom. The minimum atomic E-state index is -0.767. The van der Waals surface area contributed by atoms with E-state index in [1.807, 2.05) is 0 Å². The number of hydrogen-bond donors (Lipinski definition) is 0. The first-order valence-electron chi connectivity index (χ1n) is 22.8. The molecule has 0 aliphatic carbocycles. The molecule has 6 heteroatoms. The van der Waals surface area contributed by atoms with Crippen LogP contribution < -0.4 is 0 Å². The van der Waals surface area contributed by atoms with Gasteiger partial charge in [0, 0.05) is 19.3 Å². The van der Waals surface area contributed by atoms with Crippen molar-refractivity contribution in [1.29, 1.82) is 0 Å². The van der Waals surface area contributed by atoms with E-state index in [0.29, 0.717) is 19.3 Å². The summed E-state index contributed by atoms with van der Waals surface area (Å²) in [6.45, 7) is 6.50. The summed E-state index contributed by atoms with van der Waals surface area (Å²) in [5.41, 5.74) is 0. The van der Waals surface area contributed by atoms with Crippen molar-refractivity contribution in [2.75, 3.05) is 13.2 Å². The van der Waals surface area contributed by atoms with Crippen molar-refractivity contribution in [2.45, 2.75) is 245 Å². The van der Waals surface area contributed by atoms with Crippen LogP contribution in [0.5, 0.6) is 0 Å². The number of rotatable bonds is 41. The Bertz CT molecular complexity index is 865. The number of carbonyl (C=O) groups is 3. The normalized spacial score (nSPS) is 12.1. The second kappa shape index (κ2) is 42.6. The first-order chi connectivity index (χ1) is 26.0. The van der Waals surface area contributed by atoms with Gasteiger partial charge in [-0.25, -0.2) is 0 Å². The predicted octanol–water partition coefficient (Wildman–Crippen LogP) is 14.4. The molecule has 310 valence electrons. The molecule has 0 rings (SSSR count). The number of unbranched alkanes of at least 4 members (excludes halogenated alkanes) is 26. The third-order valence-corrected chi connectivity index (χ3v) is 9.93. The molecule has 0 N–H and O–H groups in total. The maximum Gasteiger partial charge on any atom is 0.306 e. The molecule has 0 aromatic rings. The molecule has 0 heterocycles. The quantitative estimate of drug-likeness (QED) is 0.0268. The van der Waals surface area contributed by atoms with Crippen LogP contribution in [0.1, 0.15) is 239 Å². The fourth-order valence-corrected chi connectivity index (χ4v) is 6.42. The third-order valence-electron chi connectivity index (χ3n) is 9.93. The predicted molar refractivity (Wildman–Crippen MR) is 224 cm³/mol. The van der Waals surface area contributed by atoms with E-state index in [0.717, 1.165) is 77.0 Å². The smallest absolute Gasteiger partial charge is 0.306 e. The minimum Gasteiger partial charge on any atom is -0.462 e. The van der Waals surface area contributed by atoms with E-state index < -0.39 is 6.10 Å². The molecule has 0 fully saturated rings. The molecular weight excluding hydrogens is 661 g/mol. The van der Waals surface area contributed by atoms with Crippen molar-refractivity contribution in [3.8, 4) is 0 Å². The lowest BCUT2D eigenvalue weighted by Crippen LogP contribution is -2.30. The molecule has 0 amide bonds. The molecule has 1 atom stereocenters. The van der Waals surface area contributed by atoms with Crippen LogP contribution in [0, 0.1) is 0 Å². The average Bonchev–Trinajstić information content (AvgIpc) is 3.15. The van der Waals surface area contributed by atoms with Crippen molar-refractivity contribution in [3.05, 3.63) is 24.3 Å². The van der Waals surface area contributed by atoms with Gasteiger partial charge in [0.15, 0.2) is 6.10 Å². The van der Waals surface area contributed by atoms with Crippen LogP contribution in [0.4, 0.5) is 0 Å². The number of carbonyl (C=O) groups excluding carboxylic acids is 3. The molecule has 0 aliphatic heterocycles. The zero-order valence-corrected chi connectivity index (χ0v) is 35.3. The molecule has 53 heavy (non-hydrogen) atoms. The van der Waals surface area contributed by atoms with E-state index in [1.54, 1.807) is 0 Å². The van der Waals surface area contributed by atoms with Gasteiger partial charge in [0.25, 0.3) is 0 Å². The summed E-state index contributed by atoms with van der Waals surface area (Å²) < 4.78 is 16.6. The highest BCUT2D eigenvalue weighted by atomic mass is 16.6. The lowest BCUT2D eigenvalue weighted by molar-refractivity contribution is -0.167. The Kier molecular flexibility index (Phi) is 40.9. The molecule has 0 saturated heterocycles. The number of allylic oxidation sites excluding steroid dienone is 4.